The van der Waals surface area contributed by atoms with Crippen molar-refractivity contribution in [3.8, 4) is 0 Å². The number of hydrogen-bond donors (Lipinski definition) is 1. The second-order valence-corrected chi connectivity index (χ2v) is 5.82. The van der Waals surface area contributed by atoms with E-state index >= 15 is 0 Å². The van der Waals surface area contributed by atoms with Crippen LogP contribution in [0.1, 0.15) is 22.0 Å². The Balaban J connectivity index is 2.09. The first-order chi connectivity index (χ1) is 9.06. The maximum absolute atomic E-state index is 6.06. The standard InChI is InChI=1S/C13H15N5S/c1-7-4-5-15-18(7)6-10-16-12(14)11-8(2)9(3)19-13(11)17-10/h4-5H,6H2,1-3H3,(H2,14,16,17). The van der Waals surface area contributed by atoms with Crippen molar-refractivity contribution < 1.29 is 0 Å². The number of anilines is 1. The average molecular weight is 273 g/mol. The lowest BCUT2D eigenvalue weighted by Crippen LogP contribution is -2.08. The molecule has 3 heterocycles. The maximum atomic E-state index is 6.06. The van der Waals surface area contributed by atoms with E-state index in [0.29, 0.717) is 18.2 Å². The highest BCUT2D eigenvalue weighted by Gasteiger charge is 2.13. The molecule has 98 valence electrons. The topological polar surface area (TPSA) is 69.6 Å². The molecule has 0 aromatic carbocycles. The molecule has 0 radical (unpaired) electrons. The number of thiophene rings is 1. The fraction of sp³-hybridized carbons (Fsp3) is 0.308. The number of aryl methyl sites for hydroxylation is 3. The molecule has 3 aromatic heterocycles. The van der Waals surface area contributed by atoms with E-state index < -0.39 is 0 Å². The molecule has 0 fully saturated rings. The monoisotopic (exact) mass is 273 g/mol. The molecule has 0 aliphatic heterocycles. The largest absolute Gasteiger partial charge is 0.383 e. The first-order valence-electron chi connectivity index (χ1n) is 6.06. The summed E-state index contributed by atoms with van der Waals surface area (Å²) in [6, 6.07) is 1.96. The first-order valence-corrected chi connectivity index (χ1v) is 6.88. The molecule has 0 saturated heterocycles. The van der Waals surface area contributed by atoms with Gasteiger partial charge in [0.05, 0.1) is 5.39 Å². The Morgan fingerprint density at radius 3 is 2.74 bits per heavy atom. The summed E-state index contributed by atoms with van der Waals surface area (Å²) in [4.78, 5) is 11.2. The second kappa shape index (κ2) is 4.31. The third kappa shape index (κ3) is 1.98. The van der Waals surface area contributed by atoms with Gasteiger partial charge in [-0.15, -0.1) is 11.3 Å². The number of rotatable bonds is 2. The smallest absolute Gasteiger partial charge is 0.153 e. The summed E-state index contributed by atoms with van der Waals surface area (Å²) in [6.45, 7) is 6.70. The number of nitrogens with zero attached hydrogens (tertiary/aromatic N) is 4. The van der Waals surface area contributed by atoms with Gasteiger partial charge in [0.15, 0.2) is 5.82 Å². The molecule has 0 atom stereocenters. The Morgan fingerprint density at radius 1 is 1.26 bits per heavy atom. The zero-order chi connectivity index (χ0) is 13.6. The number of nitrogen functional groups attached to an aromatic ring is 1. The number of aromatic nitrogens is 4. The molecule has 0 aliphatic rings. The third-order valence-corrected chi connectivity index (χ3v) is 4.42. The van der Waals surface area contributed by atoms with Crippen molar-refractivity contribution in [2.75, 3.05) is 5.73 Å². The third-order valence-electron chi connectivity index (χ3n) is 3.32. The molecule has 0 bridgehead atoms. The van der Waals surface area contributed by atoms with Crippen molar-refractivity contribution in [3.63, 3.8) is 0 Å². The summed E-state index contributed by atoms with van der Waals surface area (Å²) in [7, 11) is 0. The summed E-state index contributed by atoms with van der Waals surface area (Å²) in [6.07, 6.45) is 1.77. The molecule has 5 nitrogen and oxygen atoms in total. The van der Waals surface area contributed by atoms with Gasteiger partial charge in [-0.1, -0.05) is 0 Å². The summed E-state index contributed by atoms with van der Waals surface area (Å²) >= 11 is 1.66. The van der Waals surface area contributed by atoms with Crippen LogP contribution in [0.15, 0.2) is 12.3 Å². The van der Waals surface area contributed by atoms with Gasteiger partial charge in [-0.3, -0.25) is 4.68 Å². The van der Waals surface area contributed by atoms with E-state index in [1.807, 2.05) is 17.7 Å². The van der Waals surface area contributed by atoms with Crippen LogP contribution < -0.4 is 5.73 Å². The van der Waals surface area contributed by atoms with Crippen molar-refractivity contribution in [3.05, 3.63) is 34.2 Å². The normalized spacial score (nSPS) is 11.3. The molecule has 0 aliphatic carbocycles. The zero-order valence-electron chi connectivity index (χ0n) is 11.1. The van der Waals surface area contributed by atoms with Gasteiger partial charge in [-0.05, 0) is 32.4 Å². The van der Waals surface area contributed by atoms with Crippen molar-refractivity contribution in [1.29, 1.82) is 0 Å². The summed E-state index contributed by atoms with van der Waals surface area (Å²) < 4.78 is 1.87. The van der Waals surface area contributed by atoms with E-state index in [1.165, 1.54) is 10.4 Å². The molecule has 19 heavy (non-hydrogen) atoms. The number of fused-ring (bicyclic) bond motifs is 1. The van der Waals surface area contributed by atoms with Gasteiger partial charge in [0.2, 0.25) is 0 Å². The summed E-state index contributed by atoms with van der Waals surface area (Å²) in [5.41, 5.74) is 8.33. The molecular weight excluding hydrogens is 258 g/mol. The fourth-order valence-electron chi connectivity index (χ4n) is 2.10. The second-order valence-electron chi connectivity index (χ2n) is 4.62. The zero-order valence-corrected chi connectivity index (χ0v) is 12.0. The van der Waals surface area contributed by atoms with Crippen molar-refractivity contribution in [2.24, 2.45) is 0 Å². The fourth-order valence-corrected chi connectivity index (χ4v) is 3.15. The van der Waals surface area contributed by atoms with E-state index in [2.05, 4.69) is 28.9 Å². The quantitative estimate of drug-likeness (QED) is 0.778. The van der Waals surface area contributed by atoms with Crippen LogP contribution in [0, 0.1) is 20.8 Å². The predicted molar refractivity (Wildman–Crippen MR) is 77.4 cm³/mol. The highest BCUT2D eigenvalue weighted by molar-refractivity contribution is 7.18. The highest BCUT2D eigenvalue weighted by Crippen LogP contribution is 2.31. The Kier molecular flexibility index (Phi) is 2.74. The predicted octanol–water partition coefficient (Wildman–Crippen LogP) is 2.44. The van der Waals surface area contributed by atoms with Crippen LogP contribution >= 0.6 is 11.3 Å². The Labute approximate surface area is 115 Å². The van der Waals surface area contributed by atoms with Crippen LogP contribution in [-0.2, 0) is 6.54 Å². The minimum Gasteiger partial charge on any atom is -0.383 e. The van der Waals surface area contributed by atoms with Crippen LogP contribution in [0.5, 0.6) is 0 Å². The molecule has 0 unspecified atom stereocenters. The molecule has 2 N–H and O–H groups in total. The van der Waals surface area contributed by atoms with Gasteiger partial charge < -0.3 is 5.73 Å². The molecule has 3 rings (SSSR count). The van der Waals surface area contributed by atoms with Crippen molar-refractivity contribution >= 4 is 27.4 Å². The lowest BCUT2D eigenvalue weighted by Gasteiger charge is -2.05. The Hall–Kier alpha value is -1.95. The van der Waals surface area contributed by atoms with Crippen molar-refractivity contribution in [2.45, 2.75) is 27.3 Å². The van der Waals surface area contributed by atoms with Crippen LogP contribution in [0.4, 0.5) is 5.82 Å². The molecule has 0 spiro atoms. The Morgan fingerprint density at radius 2 is 2.05 bits per heavy atom. The number of hydrogen-bond acceptors (Lipinski definition) is 5. The van der Waals surface area contributed by atoms with Gasteiger partial charge in [-0.2, -0.15) is 5.10 Å². The van der Waals surface area contributed by atoms with Crippen LogP contribution in [0.3, 0.4) is 0 Å². The molecule has 0 amide bonds. The van der Waals surface area contributed by atoms with Gasteiger partial charge in [0.25, 0.3) is 0 Å². The van der Waals surface area contributed by atoms with Gasteiger partial charge >= 0.3 is 0 Å². The summed E-state index contributed by atoms with van der Waals surface area (Å²) in [5, 5.41) is 5.23. The summed E-state index contributed by atoms with van der Waals surface area (Å²) in [5.74, 6) is 1.27. The van der Waals surface area contributed by atoms with Crippen LogP contribution in [0.2, 0.25) is 0 Å². The van der Waals surface area contributed by atoms with E-state index in [-0.39, 0.29) is 0 Å². The maximum Gasteiger partial charge on any atom is 0.153 e. The SMILES string of the molecule is Cc1sc2nc(Cn3nccc3C)nc(N)c2c1C. The van der Waals surface area contributed by atoms with Crippen molar-refractivity contribution in [1.82, 2.24) is 19.7 Å². The van der Waals surface area contributed by atoms with E-state index in [1.54, 1.807) is 17.5 Å². The van der Waals surface area contributed by atoms with E-state index in [4.69, 9.17) is 5.73 Å². The van der Waals surface area contributed by atoms with Crippen LogP contribution in [0.25, 0.3) is 10.2 Å². The van der Waals surface area contributed by atoms with Gasteiger partial charge in [-0.25, -0.2) is 9.97 Å². The van der Waals surface area contributed by atoms with Gasteiger partial charge in [0, 0.05) is 16.8 Å². The average Bonchev–Trinajstić information content (AvgIpc) is 2.85. The molecule has 6 heteroatoms. The highest BCUT2D eigenvalue weighted by atomic mass is 32.1. The van der Waals surface area contributed by atoms with E-state index in [0.717, 1.165) is 15.9 Å². The minimum absolute atomic E-state index is 0.551. The lowest BCUT2D eigenvalue weighted by atomic mass is 10.2. The van der Waals surface area contributed by atoms with E-state index in [9.17, 15) is 0 Å². The Bertz CT molecular complexity index is 756. The minimum atomic E-state index is 0.551. The van der Waals surface area contributed by atoms with Crippen LogP contribution in [-0.4, -0.2) is 19.7 Å². The van der Waals surface area contributed by atoms with Gasteiger partial charge in [0.1, 0.15) is 17.2 Å². The molecule has 0 saturated carbocycles. The lowest BCUT2D eigenvalue weighted by molar-refractivity contribution is 0.640. The first kappa shape index (κ1) is 12.1. The molecule has 3 aromatic rings. The molecular formula is C13H15N5S. The number of nitrogens with two attached hydrogens (primary N) is 1.